The molecule has 1 aromatic carbocycles. The van der Waals surface area contributed by atoms with Crippen LogP contribution in [0.2, 0.25) is 0 Å². The molecule has 0 spiro atoms. The van der Waals surface area contributed by atoms with Crippen LogP contribution in [0.25, 0.3) is 0 Å². The smallest absolute Gasteiger partial charge is 0.112 e. The number of benzene rings is 1. The maximum Gasteiger partial charge on any atom is 0.112 e. The Balaban J connectivity index is 2.02. The lowest BCUT2D eigenvalue weighted by atomic mass is 9.93. The van der Waals surface area contributed by atoms with Gasteiger partial charge in [0.1, 0.15) is 5.01 Å². The van der Waals surface area contributed by atoms with Gasteiger partial charge in [-0.1, -0.05) is 26.8 Å². The van der Waals surface area contributed by atoms with Crippen LogP contribution < -0.4 is 10.2 Å². The number of rotatable bonds is 4. The highest BCUT2D eigenvalue weighted by atomic mass is 32.1. The molecule has 1 N–H and O–H groups in total. The summed E-state index contributed by atoms with van der Waals surface area (Å²) in [6, 6.07) is 8.41. The molecule has 0 unspecified atom stereocenters. The molecule has 4 heteroatoms. The van der Waals surface area contributed by atoms with E-state index in [2.05, 4.69) is 74.7 Å². The van der Waals surface area contributed by atoms with Crippen LogP contribution in [0.5, 0.6) is 0 Å². The normalized spacial score (nSPS) is 11.4. The van der Waals surface area contributed by atoms with Gasteiger partial charge in [0.2, 0.25) is 0 Å². The predicted molar refractivity (Wildman–Crippen MR) is 88.9 cm³/mol. The summed E-state index contributed by atoms with van der Waals surface area (Å²) in [5.41, 5.74) is 3.62. The summed E-state index contributed by atoms with van der Waals surface area (Å²) in [7, 11) is 4.10. The topological polar surface area (TPSA) is 28.2 Å². The summed E-state index contributed by atoms with van der Waals surface area (Å²) in [6.45, 7) is 7.36. The molecule has 2 aromatic rings. The van der Waals surface area contributed by atoms with Crippen molar-refractivity contribution in [3.8, 4) is 0 Å². The van der Waals surface area contributed by atoms with Crippen molar-refractivity contribution < 1.29 is 0 Å². The molecule has 2 rings (SSSR count). The Morgan fingerprint density at radius 2 is 2.00 bits per heavy atom. The second-order valence-electron chi connectivity index (χ2n) is 6.17. The third-order valence-electron chi connectivity index (χ3n) is 3.13. The molecule has 0 aliphatic rings. The molecule has 0 atom stereocenters. The first-order chi connectivity index (χ1) is 9.36. The Hall–Kier alpha value is -1.55. The largest absolute Gasteiger partial charge is 0.378 e. The Morgan fingerprint density at radius 3 is 2.60 bits per heavy atom. The van der Waals surface area contributed by atoms with E-state index in [9.17, 15) is 0 Å². The zero-order chi connectivity index (χ0) is 14.8. The van der Waals surface area contributed by atoms with E-state index in [1.165, 1.54) is 11.4 Å². The van der Waals surface area contributed by atoms with Crippen molar-refractivity contribution in [2.45, 2.75) is 32.7 Å². The molecular formula is C16H23N3S. The maximum absolute atomic E-state index is 4.70. The third-order valence-corrected chi connectivity index (χ3v) is 3.98. The van der Waals surface area contributed by atoms with Gasteiger partial charge in [-0.15, -0.1) is 11.3 Å². The summed E-state index contributed by atoms with van der Waals surface area (Å²) in [5, 5.41) is 6.73. The quantitative estimate of drug-likeness (QED) is 0.917. The Morgan fingerprint density at radius 1 is 1.25 bits per heavy atom. The molecule has 0 saturated carbocycles. The molecule has 3 nitrogen and oxygen atoms in total. The average Bonchev–Trinajstić information content (AvgIpc) is 2.85. The van der Waals surface area contributed by atoms with Gasteiger partial charge in [-0.3, -0.25) is 0 Å². The Bertz CT molecular complexity index is 567. The fourth-order valence-electron chi connectivity index (χ4n) is 1.81. The predicted octanol–water partition coefficient (Wildman–Crippen LogP) is 4.12. The van der Waals surface area contributed by atoms with E-state index >= 15 is 0 Å². The van der Waals surface area contributed by atoms with Gasteiger partial charge in [0, 0.05) is 36.3 Å². The molecule has 0 saturated heterocycles. The lowest BCUT2D eigenvalue weighted by Gasteiger charge is -2.15. The van der Waals surface area contributed by atoms with Gasteiger partial charge in [-0.05, 0) is 18.2 Å². The van der Waals surface area contributed by atoms with Crippen LogP contribution in [0.15, 0.2) is 29.6 Å². The van der Waals surface area contributed by atoms with Crippen molar-refractivity contribution in [3.05, 3.63) is 40.3 Å². The molecule has 108 valence electrons. The molecule has 1 heterocycles. The maximum atomic E-state index is 4.70. The summed E-state index contributed by atoms with van der Waals surface area (Å²) in [4.78, 5) is 6.80. The molecule has 1 aromatic heterocycles. The highest BCUT2D eigenvalue weighted by Crippen LogP contribution is 2.24. The fraction of sp³-hybridized carbons (Fsp3) is 0.438. The first kappa shape index (κ1) is 14.9. The lowest BCUT2D eigenvalue weighted by Crippen LogP contribution is -2.12. The number of nitrogens with one attached hydrogen (secondary N) is 1. The minimum Gasteiger partial charge on any atom is -0.378 e. The van der Waals surface area contributed by atoms with E-state index in [-0.39, 0.29) is 5.41 Å². The number of thiazole rings is 1. The van der Waals surface area contributed by atoms with Crippen LogP contribution in [0, 0.1) is 0 Å². The highest BCUT2D eigenvalue weighted by molar-refractivity contribution is 7.09. The van der Waals surface area contributed by atoms with Gasteiger partial charge in [-0.25, -0.2) is 4.98 Å². The summed E-state index contributed by atoms with van der Waals surface area (Å²) >= 11 is 1.72. The number of hydrogen-bond donors (Lipinski definition) is 1. The summed E-state index contributed by atoms with van der Waals surface area (Å²) < 4.78 is 0. The molecule has 0 bridgehead atoms. The number of aromatic nitrogens is 1. The van der Waals surface area contributed by atoms with Crippen molar-refractivity contribution in [2.24, 2.45) is 0 Å². The number of nitrogens with zero attached hydrogens (tertiary/aromatic N) is 2. The molecule has 0 aliphatic carbocycles. The van der Waals surface area contributed by atoms with E-state index in [0.717, 1.165) is 17.2 Å². The van der Waals surface area contributed by atoms with Crippen LogP contribution in [-0.2, 0) is 12.0 Å². The van der Waals surface area contributed by atoms with E-state index in [1.54, 1.807) is 11.3 Å². The van der Waals surface area contributed by atoms with Crippen molar-refractivity contribution in [1.29, 1.82) is 0 Å². The second kappa shape index (κ2) is 5.83. The third kappa shape index (κ3) is 3.73. The van der Waals surface area contributed by atoms with Crippen molar-refractivity contribution in [1.82, 2.24) is 4.98 Å². The van der Waals surface area contributed by atoms with E-state index in [1.807, 2.05) is 0 Å². The first-order valence-electron chi connectivity index (χ1n) is 6.82. The zero-order valence-electron chi connectivity index (χ0n) is 12.9. The fourth-order valence-corrected chi connectivity index (χ4v) is 2.77. The first-order valence-corrected chi connectivity index (χ1v) is 7.70. The number of anilines is 2. The minimum atomic E-state index is 0.125. The summed E-state index contributed by atoms with van der Waals surface area (Å²) in [6.07, 6.45) is 0. The van der Waals surface area contributed by atoms with Gasteiger partial charge in [0.15, 0.2) is 0 Å². The molecule has 0 fully saturated rings. The van der Waals surface area contributed by atoms with Crippen LogP contribution >= 0.6 is 11.3 Å². The van der Waals surface area contributed by atoms with Crippen molar-refractivity contribution in [2.75, 3.05) is 24.3 Å². The molecular weight excluding hydrogens is 266 g/mol. The molecule has 0 amide bonds. The standard InChI is InChI=1S/C16H23N3S/c1-16(2,3)14-11-20-15(18-14)10-17-12-7-6-8-13(9-12)19(4)5/h6-9,11,17H,10H2,1-5H3. The van der Waals surface area contributed by atoms with Crippen molar-refractivity contribution >= 4 is 22.7 Å². The Labute approximate surface area is 125 Å². The van der Waals surface area contributed by atoms with Crippen LogP contribution in [0.1, 0.15) is 31.5 Å². The van der Waals surface area contributed by atoms with E-state index in [4.69, 9.17) is 4.98 Å². The monoisotopic (exact) mass is 289 g/mol. The van der Waals surface area contributed by atoms with Crippen LogP contribution in [-0.4, -0.2) is 19.1 Å². The van der Waals surface area contributed by atoms with Gasteiger partial charge in [0.25, 0.3) is 0 Å². The van der Waals surface area contributed by atoms with Gasteiger partial charge in [0.05, 0.1) is 12.2 Å². The lowest BCUT2D eigenvalue weighted by molar-refractivity contribution is 0.571. The van der Waals surface area contributed by atoms with Gasteiger partial charge in [-0.2, -0.15) is 0 Å². The van der Waals surface area contributed by atoms with Crippen LogP contribution in [0.3, 0.4) is 0 Å². The SMILES string of the molecule is CN(C)c1cccc(NCc2nc(C(C)(C)C)cs2)c1. The zero-order valence-corrected chi connectivity index (χ0v) is 13.7. The van der Waals surface area contributed by atoms with Crippen LogP contribution in [0.4, 0.5) is 11.4 Å². The highest BCUT2D eigenvalue weighted by Gasteiger charge is 2.17. The molecule has 20 heavy (non-hydrogen) atoms. The van der Waals surface area contributed by atoms with Gasteiger partial charge < -0.3 is 10.2 Å². The second-order valence-corrected chi connectivity index (χ2v) is 7.12. The molecule has 0 radical (unpaired) electrons. The van der Waals surface area contributed by atoms with Crippen molar-refractivity contribution in [3.63, 3.8) is 0 Å². The van der Waals surface area contributed by atoms with E-state index in [0.29, 0.717) is 0 Å². The Kier molecular flexibility index (Phi) is 4.33. The van der Waals surface area contributed by atoms with Gasteiger partial charge >= 0.3 is 0 Å². The molecule has 0 aliphatic heterocycles. The average molecular weight is 289 g/mol. The summed E-state index contributed by atoms with van der Waals surface area (Å²) in [5.74, 6) is 0. The minimum absolute atomic E-state index is 0.125. The van der Waals surface area contributed by atoms with E-state index < -0.39 is 0 Å². The number of hydrogen-bond acceptors (Lipinski definition) is 4.